The number of carbonyl (C=O) groups is 2. The van der Waals surface area contributed by atoms with E-state index in [4.69, 9.17) is 10.2 Å². The first-order chi connectivity index (χ1) is 10.6. The molecule has 0 aliphatic heterocycles. The van der Waals surface area contributed by atoms with E-state index >= 15 is 0 Å². The van der Waals surface area contributed by atoms with Crippen LogP contribution in [0.25, 0.3) is 10.8 Å². The molecule has 2 N–H and O–H groups in total. The summed E-state index contributed by atoms with van der Waals surface area (Å²) in [6.45, 7) is 0. The van der Waals surface area contributed by atoms with Crippen molar-refractivity contribution < 1.29 is 39.9 Å². The number of rotatable bonds is 2. The first kappa shape index (κ1) is 18.4. The first-order valence-electron chi connectivity index (χ1n) is 6.31. The summed E-state index contributed by atoms with van der Waals surface area (Å²) in [7, 11) is 0. The van der Waals surface area contributed by atoms with E-state index < -0.39 is 11.9 Å². The molecule has 0 saturated heterocycles. The van der Waals surface area contributed by atoms with Crippen LogP contribution in [-0.4, -0.2) is 32.1 Å². The van der Waals surface area contributed by atoms with Gasteiger partial charge in [0.1, 0.15) is 5.69 Å². The number of hydrogen-bond acceptors (Lipinski definition) is 4. The second kappa shape index (κ2) is 8.73. The van der Waals surface area contributed by atoms with Crippen LogP contribution >= 0.6 is 0 Å². The van der Waals surface area contributed by atoms with Crippen molar-refractivity contribution in [3.05, 3.63) is 72.3 Å². The number of benzene rings is 1. The molecule has 7 heteroatoms. The molecule has 0 aliphatic rings. The summed E-state index contributed by atoms with van der Waals surface area (Å²) in [5.41, 5.74) is 0.190. The van der Waals surface area contributed by atoms with Crippen molar-refractivity contribution in [2.24, 2.45) is 0 Å². The predicted molar refractivity (Wildman–Crippen MR) is 79.9 cm³/mol. The van der Waals surface area contributed by atoms with Crippen LogP contribution in [0, 0.1) is 0 Å². The minimum absolute atomic E-state index is 0. The molecule has 0 saturated carbocycles. The Hall–Kier alpha value is -2.63. The van der Waals surface area contributed by atoms with Crippen molar-refractivity contribution in [3.8, 4) is 0 Å². The van der Waals surface area contributed by atoms with Crippen molar-refractivity contribution in [1.29, 1.82) is 0 Å². The molecule has 3 rings (SSSR count). The van der Waals surface area contributed by atoms with Gasteiger partial charge in [-0.05, 0) is 23.6 Å². The van der Waals surface area contributed by atoms with Crippen LogP contribution in [0.15, 0.2) is 60.9 Å². The SMILES string of the molecule is O=C(O)c1ccccn1.O=C(O)c1nccc2ccccc12.[Ir]. The molecule has 1 radical (unpaired) electrons. The molecular formula is C16H12IrN2O4. The molecule has 119 valence electrons. The van der Waals surface area contributed by atoms with E-state index in [2.05, 4.69) is 9.97 Å². The topological polar surface area (TPSA) is 100 Å². The molecule has 0 bridgehead atoms. The number of carboxylic acids is 2. The maximum Gasteiger partial charge on any atom is 0.355 e. The van der Waals surface area contributed by atoms with Gasteiger partial charge in [0.15, 0.2) is 5.69 Å². The largest absolute Gasteiger partial charge is 0.477 e. The zero-order chi connectivity index (χ0) is 15.9. The Labute approximate surface area is 145 Å². The fraction of sp³-hybridized carbons (Fsp3) is 0. The number of nitrogens with zero attached hydrogens (tertiary/aromatic N) is 2. The molecule has 0 aliphatic carbocycles. The third-order valence-electron chi connectivity index (χ3n) is 2.76. The van der Waals surface area contributed by atoms with Crippen LogP contribution in [0.3, 0.4) is 0 Å². The predicted octanol–water partition coefficient (Wildman–Crippen LogP) is 2.71. The molecule has 2 aromatic heterocycles. The van der Waals surface area contributed by atoms with Crippen molar-refractivity contribution in [2.75, 3.05) is 0 Å². The number of hydrogen-bond donors (Lipinski definition) is 2. The molecular weight excluding hydrogens is 476 g/mol. The van der Waals surface area contributed by atoms with Crippen LogP contribution in [0.4, 0.5) is 0 Å². The van der Waals surface area contributed by atoms with Gasteiger partial charge in [0.25, 0.3) is 0 Å². The molecule has 0 spiro atoms. The molecule has 6 nitrogen and oxygen atoms in total. The second-order valence-electron chi connectivity index (χ2n) is 4.21. The fourth-order valence-corrected chi connectivity index (χ4v) is 1.78. The molecule has 0 fully saturated rings. The maximum absolute atomic E-state index is 10.8. The standard InChI is InChI=1S/C10H7NO2.C6H5NO2.Ir/c12-10(13)9-8-4-2-1-3-7(8)5-6-11-9;8-6(9)5-3-1-2-4-7-5;/h1-6H,(H,12,13);1-4H,(H,8,9);. The summed E-state index contributed by atoms with van der Waals surface area (Å²) in [5.74, 6) is -1.98. The zero-order valence-corrected chi connectivity index (χ0v) is 14.1. The van der Waals surface area contributed by atoms with Gasteiger partial charge in [-0.1, -0.05) is 30.3 Å². The molecule has 0 atom stereocenters. The quantitative estimate of drug-likeness (QED) is 0.576. The van der Waals surface area contributed by atoms with Crippen LogP contribution in [0.5, 0.6) is 0 Å². The van der Waals surface area contributed by atoms with E-state index in [-0.39, 0.29) is 31.5 Å². The molecule has 23 heavy (non-hydrogen) atoms. The summed E-state index contributed by atoms with van der Waals surface area (Å²) < 4.78 is 0. The molecule has 3 aromatic rings. The van der Waals surface area contributed by atoms with Crippen molar-refractivity contribution >= 4 is 22.7 Å². The summed E-state index contributed by atoms with van der Waals surface area (Å²) in [5, 5.41) is 18.7. The molecule has 2 heterocycles. The Balaban J connectivity index is 0.000000235. The average molecular weight is 488 g/mol. The Bertz CT molecular complexity index is 804. The van der Waals surface area contributed by atoms with Gasteiger partial charge in [0.2, 0.25) is 0 Å². The Morgan fingerprint density at radius 2 is 1.48 bits per heavy atom. The first-order valence-corrected chi connectivity index (χ1v) is 6.31. The van der Waals surface area contributed by atoms with Gasteiger partial charge >= 0.3 is 11.9 Å². The number of fused-ring (bicyclic) bond motifs is 1. The minimum Gasteiger partial charge on any atom is -0.477 e. The Kier molecular flexibility index (Phi) is 6.99. The second-order valence-corrected chi connectivity index (χ2v) is 4.21. The fourth-order valence-electron chi connectivity index (χ4n) is 1.78. The van der Waals surface area contributed by atoms with Crippen LogP contribution in [-0.2, 0) is 20.1 Å². The van der Waals surface area contributed by atoms with Gasteiger partial charge in [-0.25, -0.2) is 19.6 Å². The van der Waals surface area contributed by atoms with E-state index in [1.807, 2.05) is 12.1 Å². The third-order valence-corrected chi connectivity index (χ3v) is 2.76. The van der Waals surface area contributed by atoms with Gasteiger partial charge in [-0.15, -0.1) is 0 Å². The van der Waals surface area contributed by atoms with E-state index in [0.717, 1.165) is 5.39 Å². The van der Waals surface area contributed by atoms with Gasteiger partial charge in [-0.2, -0.15) is 0 Å². The minimum atomic E-state index is -0.990. The maximum atomic E-state index is 10.8. The van der Waals surface area contributed by atoms with E-state index in [9.17, 15) is 9.59 Å². The third kappa shape index (κ3) is 4.95. The van der Waals surface area contributed by atoms with E-state index in [0.29, 0.717) is 5.39 Å². The average Bonchev–Trinajstić information content (AvgIpc) is 2.55. The van der Waals surface area contributed by atoms with Crippen LogP contribution < -0.4 is 0 Å². The van der Waals surface area contributed by atoms with Crippen molar-refractivity contribution in [1.82, 2.24) is 9.97 Å². The Morgan fingerprint density at radius 1 is 0.783 bits per heavy atom. The summed E-state index contributed by atoms with van der Waals surface area (Å²) >= 11 is 0. The molecule has 0 unspecified atom stereocenters. The van der Waals surface area contributed by atoms with E-state index in [1.54, 1.807) is 30.3 Å². The zero-order valence-electron chi connectivity index (χ0n) is 11.7. The van der Waals surface area contributed by atoms with E-state index in [1.165, 1.54) is 18.5 Å². The van der Waals surface area contributed by atoms with Crippen molar-refractivity contribution in [2.45, 2.75) is 0 Å². The summed E-state index contributed by atoms with van der Waals surface area (Å²) in [6, 6.07) is 13.8. The molecule has 1 aromatic carbocycles. The normalized spacial score (nSPS) is 9.22. The van der Waals surface area contributed by atoms with Gasteiger partial charge in [0, 0.05) is 37.9 Å². The number of aromatic nitrogens is 2. The summed E-state index contributed by atoms with van der Waals surface area (Å²) in [4.78, 5) is 28.3. The number of pyridine rings is 2. The number of carboxylic acid groups (broad SMARTS) is 2. The van der Waals surface area contributed by atoms with Gasteiger partial charge in [-0.3, -0.25) is 0 Å². The van der Waals surface area contributed by atoms with Gasteiger partial charge in [0.05, 0.1) is 0 Å². The number of aromatic carboxylic acids is 2. The Morgan fingerprint density at radius 3 is 2.04 bits per heavy atom. The van der Waals surface area contributed by atoms with Crippen molar-refractivity contribution in [3.63, 3.8) is 0 Å². The van der Waals surface area contributed by atoms with Crippen LogP contribution in [0.2, 0.25) is 0 Å². The summed E-state index contributed by atoms with van der Waals surface area (Å²) in [6.07, 6.45) is 2.95. The monoisotopic (exact) mass is 489 g/mol. The van der Waals surface area contributed by atoms with Gasteiger partial charge < -0.3 is 10.2 Å². The van der Waals surface area contributed by atoms with Crippen LogP contribution in [0.1, 0.15) is 21.0 Å². The molecule has 0 amide bonds. The smallest absolute Gasteiger partial charge is 0.355 e.